The van der Waals surface area contributed by atoms with Crippen LogP contribution in [0.2, 0.25) is 0 Å². The Kier molecular flexibility index (Phi) is 3.97. The number of ether oxygens (including phenoxy) is 1. The molecule has 0 radical (unpaired) electrons. The molecule has 1 nitrogen and oxygen atoms in total. The van der Waals surface area contributed by atoms with Crippen molar-refractivity contribution < 1.29 is 13.5 Å². The van der Waals surface area contributed by atoms with Gasteiger partial charge < -0.3 is 4.74 Å². The lowest BCUT2D eigenvalue weighted by atomic mass is 9.96. The van der Waals surface area contributed by atoms with Crippen molar-refractivity contribution in [3.8, 4) is 5.75 Å². The molecule has 0 bridgehead atoms. The van der Waals surface area contributed by atoms with Gasteiger partial charge in [0.05, 0.1) is 6.61 Å². The highest BCUT2D eigenvalue weighted by Gasteiger charge is 2.03. The summed E-state index contributed by atoms with van der Waals surface area (Å²) in [7, 11) is 1.82. The molecule has 0 N–H and O–H groups in total. The second kappa shape index (κ2) is 5.67. The van der Waals surface area contributed by atoms with Crippen LogP contribution in [0.5, 0.6) is 5.75 Å². The first kappa shape index (κ1) is 12.6. The van der Waals surface area contributed by atoms with Gasteiger partial charge >= 0.3 is 0 Å². The second-order valence-electron chi connectivity index (χ2n) is 4.16. The van der Waals surface area contributed by atoms with Crippen molar-refractivity contribution in [1.29, 1.82) is 0 Å². The first-order valence-corrected chi connectivity index (χ1v) is 5.78. The fourth-order valence-electron chi connectivity index (χ4n) is 1.65. The fraction of sp³-hybridized carbons (Fsp3) is 0.143. The molecule has 0 atom stereocenters. The topological polar surface area (TPSA) is 9.23 Å². The zero-order valence-corrected chi connectivity index (χ0v) is 10.1. The number of halogens is 2. The zero-order valence-electron chi connectivity index (χ0n) is 10.1. The Labute approximate surface area is 106 Å². The van der Waals surface area contributed by atoms with Crippen molar-refractivity contribution in [2.24, 2.45) is 0 Å². The van der Waals surface area contributed by atoms with Crippen molar-refractivity contribution in [3.05, 3.63) is 59.7 Å². The molecule has 0 fully saturated rings. The molecule has 0 saturated carbocycles. The number of benzene rings is 2. The summed E-state index contributed by atoms with van der Waals surface area (Å²) in [5.41, 5.74) is 1.82. The smallest absolute Gasteiger partial charge is 0.164 e. The van der Waals surface area contributed by atoms with Gasteiger partial charge in [-0.05, 0) is 29.8 Å². The Balaban J connectivity index is 1.90. The molecular weight excluding hydrogens is 233 g/mol. The molecule has 0 aliphatic rings. The van der Waals surface area contributed by atoms with E-state index < -0.39 is 0 Å². The molecule has 18 heavy (non-hydrogen) atoms. The molecule has 2 aromatic rings. The van der Waals surface area contributed by atoms with Gasteiger partial charge in [-0.2, -0.15) is 0 Å². The van der Waals surface area contributed by atoms with E-state index in [9.17, 15) is 8.78 Å². The first-order chi connectivity index (χ1) is 8.65. The van der Waals surface area contributed by atoms with Gasteiger partial charge in [0.2, 0.25) is 0 Å². The Hall–Kier alpha value is -1.84. The molecule has 0 unspecified atom stereocenters. The minimum absolute atomic E-state index is 0.253. The predicted octanol–water partition coefficient (Wildman–Crippen LogP) is 1.84. The minimum atomic E-state index is -0.353. The molecule has 0 aromatic heterocycles. The Bertz CT molecular complexity index is 526. The highest BCUT2D eigenvalue weighted by molar-refractivity contribution is 6.32. The predicted molar refractivity (Wildman–Crippen MR) is 70.2 cm³/mol. The van der Waals surface area contributed by atoms with E-state index >= 15 is 0 Å². The molecule has 0 aliphatic carbocycles. The van der Waals surface area contributed by atoms with Gasteiger partial charge in [-0.3, -0.25) is 0 Å². The maximum absolute atomic E-state index is 13.5. The van der Waals surface area contributed by atoms with E-state index in [0.717, 1.165) is 11.0 Å². The van der Waals surface area contributed by atoms with Crippen LogP contribution in [0.1, 0.15) is 5.56 Å². The summed E-state index contributed by atoms with van der Waals surface area (Å²) in [4.78, 5) is 0. The van der Waals surface area contributed by atoms with E-state index in [4.69, 9.17) is 4.74 Å². The van der Waals surface area contributed by atoms with Crippen LogP contribution in [-0.2, 0) is 6.42 Å². The molecule has 2 aromatic carbocycles. The third-order valence-electron chi connectivity index (χ3n) is 2.65. The minimum Gasteiger partial charge on any atom is -0.490 e. The van der Waals surface area contributed by atoms with Crippen LogP contribution in [0.25, 0.3) is 0 Å². The normalized spacial score (nSPS) is 10.3. The van der Waals surface area contributed by atoms with E-state index in [1.807, 2.05) is 7.85 Å². The second-order valence-corrected chi connectivity index (χ2v) is 4.16. The molecule has 92 valence electrons. The largest absolute Gasteiger partial charge is 0.490 e. The van der Waals surface area contributed by atoms with Gasteiger partial charge in [-0.25, -0.2) is 8.78 Å². The summed E-state index contributed by atoms with van der Waals surface area (Å²) in [6, 6.07) is 11.1. The van der Waals surface area contributed by atoms with Crippen molar-refractivity contribution in [3.63, 3.8) is 0 Å². The highest BCUT2D eigenvalue weighted by atomic mass is 19.1. The monoisotopic (exact) mass is 246 g/mol. The number of rotatable bonds is 4. The Morgan fingerprint density at radius 1 is 1.00 bits per heavy atom. The van der Waals surface area contributed by atoms with Gasteiger partial charge in [0.1, 0.15) is 13.7 Å². The van der Waals surface area contributed by atoms with Gasteiger partial charge in [-0.1, -0.05) is 23.7 Å². The van der Waals surface area contributed by atoms with Crippen LogP contribution in [0, 0.1) is 11.6 Å². The standard InChI is InChI=1S/C14H13BF2O/c15-11-3-6-14(13(17)9-11)18-8-7-10-1-4-12(16)5-2-10/h1-6,9H,7-8,15H2. The van der Waals surface area contributed by atoms with Gasteiger partial charge in [-0.15, -0.1) is 0 Å². The molecule has 2 rings (SSSR count). The first-order valence-electron chi connectivity index (χ1n) is 5.78. The van der Waals surface area contributed by atoms with E-state index in [0.29, 0.717) is 13.0 Å². The van der Waals surface area contributed by atoms with Gasteiger partial charge in [0, 0.05) is 6.42 Å². The van der Waals surface area contributed by atoms with E-state index in [-0.39, 0.29) is 17.4 Å². The van der Waals surface area contributed by atoms with Crippen molar-refractivity contribution in [1.82, 2.24) is 0 Å². The van der Waals surface area contributed by atoms with Crippen LogP contribution in [0.15, 0.2) is 42.5 Å². The fourth-order valence-corrected chi connectivity index (χ4v) is 1.65. The average molecular weight is 246 g/mol. The third-order valence-corrected chi connectivity index (χ3v) is 2.65. The highest BCUT2D eigenvalue weighted by Crippen LogP contribution is 2.14. The molecular formula is C14H13BF2O. The van der Waals surface area contributed by atoms with Crippen LogP contribution < -0.4 is 10.2 Å². The Morgan fingerprint density at radius 2 is 1.72 bits per heavy atom. The maximum Gasteiger partial charge on any atom is 0.164 e. The van der Waals surface area contributed by atoms with E-state index in [1.54, 1.807) is 24.3 Å². The summed E-state index contributed by atoms with van der Waals surface area (Å²) in [6.07, 6.45) is 0.619. The summed E-state index contributed by atoms with van der Waals surface area (Å²) in [5, 5.41) is 0. The molecule has 0 saturated heterocycles. The molecule has 0 heterocycles. The number of hydrogen-bond donors (Lipinski definition) is 0. The SMILES string of the molecule is Bc1ccc(OCCc2ccc(F)cc2)c(F)c1. The third kappa shape index (κ3) is 3.33. The summed E-state index contributed by atoms with van der Waals surface area (Å²) in [5.74, 6) is -0.360. The van der Waals surface area contributed by atoms with Crippen LogP contribution in [0.3, 0.4) is 0 Å². The average Bonchev–Trinajstić information content (AvgIpc) is 2.34. The van der Waals surface area contributed by atoms with E-state index in [2.05, 4.69) is 0 Å². The van der Waals surface area contributed by atoms with Gasteiger partial charge in [0.25, 0.3) is 0 Å². The zero-order chi connectivity index (χ0) is 13.0. The quantitative estimate of drug-likeness (QED) is 0.748. The summed E-state index contributed by atoms with van der Waals surface area (Å²) in [6.45, 7) is 0.367. The maximum atomic E-state index is 13.5. The van der Waals surface area contributed by atoms with Gasteiger partial charge in [0.15, 0.2) is 11.6 Å². The molecule has 4 heteroatoms. The Morgan fingerprint density at radius 3 is 2.39 bits per heavy atom. The van der Waals surface area contributed by atoms with Crippen LogP contribution >= 0.6 is 0 Å². The van der Waals surface area contributed by atoms with Crippen molar-refractivity contribution >= 4 is 13.3 Å². The number of hydrogen-bond acceptors (Lipinski definition) is 1. The van der Waals surface area contributed by atoms with Crippen molar-refractivity contribution in [2.75, 3.05) is 6.61 Å². The van der Waals surface area contributed by atoms with Crippen molar-refractivity contribution in [2.45, 2.75) is 6.42 Å². The lowest BCUT2D eigenvalue weighted by Gasteiger charge is -2.07. The van der Waals surface area contributed by atoms with Crippen LogP contribution in [-0.4, -0.2) is 14.5 Å². The lowest BCUT2D eigenvalue weighted by Crippen LogP contribution is -2.07. The molecule has 0 aliphatic heterocycles. The summed E-state index contributed by atoms with van der Waals surface area (Å²) >= 11 is 0. The van der Waals surface area contributed by atoms with Crippen LogP contribution in [0.4, 0.5) is 8.78 Å². The van der Waals surface area contributed by atoms with E-state index in [1.165, 1.54) is 18.2 Å². The lowest BCUT2D eigenvalue weighted by molar-refractivity contribution is 0.305. The summed E-state index contributed by atoms with van der Waals surface area (Å²) < 4.78 is 31.5. The molecule has 0 spiro atoms. The molecule has 0 amide bonds.